The quantitative estimate of drug-likeness (QED) is 0.667. The third kappa shape index (κ3) is 5.17. The van der Waals surface area contributed by atoms with Crippen molar-refractivity contribution in [3.05, 3.63) is 29.3 Å². The van der Waals surface area contributed by atoms with Crippen molar-refractivity contribution in [2.75, 3.05) is 26.4 Å². The summed E-state index contributed by atoms with van der Waals surface area (Å²) >= 11 is 0. The molecule has 1 rings (SSSR count). The molecule has 4 nitrogen and oxygen atoms in total. The topological polar surface area (TPSA) is 64.7 Å². The fraction of sp³-hybridized carbons (Fsp3) is 0.538. The molecule has 0 fully saturated rings. The Morgan fingerprint density at radius 3 is 2.53 bits per heavy atom. The van der Waals surface area contributed by atoms with Gasteiger partial charge in [-0.05, 0) is 29.7 Å². The molecule has 1 aromatic rings. The number of benzene rings is 1. The zero-order valence-corrected chi connectivity index (χ0v) is 10.3. The predicted molar refractivity (Wildman–Crippen MR) is 67.1 cm³/mol. The molecule has 96 valence electrons. The smallest absolute Gasteiger partial charge is 0.120 e. The molecule has 0 aliphatic rings. The molecular formula is C13H21NO3. The van der Waals surface area contributed by atoms with Crippen LogP contribution in [-0.2, 0) is 17.8 Å². The molecule has 0 aromatic heterocycles. The van der Waals surface area contributed by atoms with Gasteiger partial charge in [-0.2, -0.15) is 0 Å². The van der Waals surface area contributed by atoms with Crippen LogP contribution in [0.1, 0.15) is 18.1 Å². The Balaban J connectivity index is 2.46. The van der Waals surface area contributed by atoms with Gasteiger partial charge >= 0.3 is 0 Å². The highest BCUT2D eigenvalue weighted by Gasteiger charge is 2.00. The Bertz CT molecular complexity index is 306. The van der Waals surface area contributed by atoms with Crippen LogP contribution in [0.3, 0.4) is 0 Å². The Hall–Kier alpha value is -1.10. The highest BCUT2D eigenvalue weighted by molar-refractivity contribution is 5.34. The number of rotatable bonds is 8. The summed E-state index contributed by atoms with van der Waals surface area (Å²) in [5.74, 6) is 0.782. The number of aryl methyl sites for hydroxylation is 1. The zero-order chi connectivity index (χ0) is 12.5. The number of aliphatic hydroxyl groups excluding tert-OH is 1. The first-order valence-electron chi connectivity index (χ1n) is 5.94. The van der Waals surface area contributed by atoms with Gasteiger partial charge in [0.25, 0.3) is 0 Å². The Kier molecular flexibility index (Phi) is 6.62. The van der Waals surface area contributed by atoms with Crippen LogP contribution in [0.5, 0.6) is 5.75 Å². The van der Waals surface area contributed by atoms with Gasteiger partial charge in [-0.15, -0.1) is 0 Å². The molecular weight excluding hydrogens is 218 g/mol. The Morgan fingerprint density at radius 1 is 1.12 bits per heavy atom. The molecule has 0 unspecified atom stereocenters. The molecule has 0 atom stereocenters. The maximum atomic E-state index is 9.13. The minimum Gasteiger partial charge on any atom is -0.491 e. The number of ether oxygens (including phenoxy) is 2. The van der Waals surface area contributed by atoms with Crippen molar-refractivity contribution in [3.63, 3.8) is 0 Å². The average Bonchev–Trinajstić information content (AvgIpc) is 2.38. The summed E-state index contributed by atoms with van der Waals surface area (Å²) in [5.41, 5.74) is 7.34. The van der Waals surface area contributed by atoms with E-state index in [9.17, 15) is 0 Å². The van der Waals surface area contributed by atoms with Crippen LogP contribution < -0.4 is 10.5 Å². The van der Waals surface area contributed by atoms with E-state index in [0.29, 0.717) is 26.4 Å². The summed E-state index contributed by atoms with van der Waals surface area (Å²) < 4.78 is 10.8. The first-order chi connectivity index (χ1) is 8.30. The van der Waals surface area contributed by atoms with Gasteiger partial charge in [0, 0.05) is 6.54 Å². The lowest BCUT2D eigenvalue weighted by molar-refractivity contribution is 0.106. The van der Waals surface area contributed by atoms with Gasteiger partial charge in [0.05, 0.1) is 19.8 Å². The van der Waals surface area contributed by atoms with E-state index in [2.05, 4.69) is 6.92 Å². The molecule has 17 heavy (non-hydrogen) atoms. The zero-order valence-electron chi connectivity index (χ0n) is 10.3. The van der Waals surface area contributed by atoms with Gasteiger partial charge in [0.1, 0.15) is 12.4 Å². The summed E-state index contributed by atoms with van der Waals surface area (Å²) in [4.78, 5) is 0. The van der Waals surface area contributed by atoms with Crippen molar-refractivity contribution in [1.82, 2.24) is 0 Å². The summed E-state index contributed by atoms with van der Waals surface area (Å²) in [6, 6.07) is 5.82. The van der Waals surface area contributed by atoms with E-state index in [1.54, 1.807) is 0 Å². The molecule has 0 aliphatic carbocycles. The van der Waals surface area contributed by atoms with Gasteiger partial charge in [-0.3, -0.25) is 0 Å². The van der Waals surface area contributed by atoms with E-state index >= 15 is 0 Å². The summed E-state index contributed by atoms with van der Waals surface area (Å²) in [5, 5.41) is 9.13. The molecule has 0 spiro atoms. The van der Waals surface area contributed by atoms with Gasteiger partial charge < -0.3 is 20.3 Å². The summed E-state index contributed by atoms with van der Waals surface area (Å²) in [7, 11) is 0. The maximum absolute atomic E-state index is 9.13. The minimum atomic E-state index is 0.0356. The molecule has 0 saturated heterocycles. The van der Waals surface area contributed by atoms with E-state index < -0.39 is 0 Å². The molecule has 0 amide bonds. The van der Waals surface area contributed by atoms with Crippen molar-refractivity contribution in [1.29, 1.82) is 0 Å². The maximum Gasteiger partial charge on any atom is 0.120 e. The Labute approximate surface area is 102 Å². The molecule has 4 heteroatoms. The minimum absolute atomic E-state index is 0.0356. The molecule has 0 radical (unpaired) electrons. The second kappa shape index (κ2) is 8.06. The fourth-order valence-electron chi connectivity index (χ4n) is 1.51. The van der Waals surface area contributed by atoms with Crippen LogP contribution in [0.4, 0.5) is 0 Å². The van der Waals surface area contributed by atoms with Crippen LogP contribution >= 0.6 is 0 Å². The second-order valence-electron chi connectivity index (χ2n) is 3.75. The number of hydrogen-bond acceptors (Lipinski definition) is 4. The first kappa shape index (κ1) is 14.0. The lowest BCUT2D eigenvalue weighted by Crippen LogP contribution is -2.13. The van der Waals surface area contributed by atoms with E-state index in [4.69, 9.17) is 20.3 Å². The monoisotopic (exact) mass is 239 g/mol. The molecule has 0 saturated carbocycles. The highest BCUT2D eigenvalue weighted by Crippen LogP contribution is 2.18. The van der Waals surface area contributed by atoms with Gasteiger partial charge in [0.15, 0.2) is 0 Å². The van der Waals surface area contributed by atoms with Crippen LogP contribution in [0, 0.1) is 0 Å². The van der Waals surface area contributed by atoms with Crippen LogP contribution in [0.25, 0.3) is 0 Å². The molecule has 0 aliphatic heterocycles. The standard InChI is InChI=1S/C13H21NO3/c1-2-11-7-12(10-15)9-13(8-11)17-6-5-16-4-3-14/h7-9,15H,2-6,10,14H2,1H3. The van der Waals surface area contributed by atoms with E-state index in [1.807, 2.05) is 18.2 Å². The van der Waals surface area contributed by atoms with Crippen LogP contribution in [0.15, 0.2) is 18.2 Å². The fourth-order valence-corrected chi connectivity index (χ4v) is 1.51. The highest BCUT2D eigenvalue weighted by atomic mass is 16.5. The second-order valence-corrected chi connectivity index (χ2v) is 3.75. The van der Waals surface area contributed by atoms with E-state index in [0.717, 1.165) is 23.3 Å². The van der Waals surface area contributed by atoms with Crippen molar-refractivity contribution in [2.45, 2.75) is 20.0 Å². The molecule has 1 aromatic carbocycles. The van der Waals surface area contributed by atoms with Gasteiger partial charge in [0.2, 0.25) is 0 Å². The van der Waals surface area contributed by atoms with Crippen molar-refractivity contribution >= 4 is 0 Å². The molecule has 0 bridgehead atoms. The number of aliphatic hydroxyl groups is 1. The summed E-state index contributed by atoms with van der Waals surface area (Å²) in [6.07, 6.45) is 0.924. The van der Waals surface area contributed by atoms with Crippen LogP contribution in [0.2, 0.25) is 0 Å². The third-order valence-electron chi connectivity index (χ3n) is 2.38. The lowest BCUT2D eigenvalue weighted by atomic mass is 10.1. The first-order valence-corrected chi connectivity index (χ1v) is 5.94. The van der Waals surface area contributed by atoms with Crippen LogP contribution in [-0.4, -0.2) is 31.5 Å². The van der Waals surface area contributed by atoms with E-state index in [1.165, 1.54) is 0 Å². The average molecular weight is 239 g/mol. The van der Waals surface area contributed by atoms with Gasteiger partial charge in [-0.1, -0.05) is 13.0 Å². The molecule has 0 heterocycles. The largest absolute Gasteiger partial charge is 0.491 e. The van der Waals surface area contributed by atoms with Gasteiger partial charge in [-0.25, -0.2) is 0 Å². The van der Waals surface area contributed by atoms with Crippen molar-refractivity contribution in [2.24, 2.45) is 5.73 Å². The van der Waals surface area contributed by atoms with Crippen molar-refractivity contribution in [3.8, 4) is 5.75 Å². The van der Waals surface area contributed by atoms with E-state index in [-0.39, 0.29) is 6.61 Å². The normalized spacial score (nSPS) is 10.5. The SMILES string of the molecule is CCc1cc(CO)cc(OCCOCCN)c1. The van der Waals surface area contributed by atoms with Crippen molar-refractivity contribution < 1.29 is 14.6 Å². The number of hydrogen-bond donors (Lipinski definition) is 2. The molecule has 3 N–H and O–H groups in total. The lowest BCUT2D eigenvalue weighted by Gasteiger charge is -2.10. The Morgan fingerprint density at radius 2 is 1.88 bits per heavy atom. The third-order valence-corrected chi connectivity index (χ3v) is 2.38. The number of nitrogens with two attached hydrogens (primary N) is 1. The summed E-state index contributed by atoms with van der Waals surface area (Å²) in [6.45, 7) is 4.22. The predicted octanol–water partition coefficient (Wildman–Crippen LogP) is 1.10.